The largest absolute Gasteiger partial charge is 0.497 e. The maximum Gasteiger partial charge on any atom is 0.253 e. The Balaban J connectivity index is 1.60. The third kappa shape index (κ3) is 3.61. The van der Waals surface area contributed by atoms with E-state index in [1.807, 2.05) is 41.3 Å². The molecule has 0 bridgehead atoms. The van der Waals surface area contributed by atoms with Gasteiger partial charge in [0.05, 0.1) is 14.2 Å². The molecule has 1 heterocycles. The van der Waals surface area contributed by atoms with Gasteiger partial charge in [0.15, 0.2) is 0 Å². The Bertz CT molecular complexity index is 907. The number of rotatable bonds is 4. The first-order valence-corrected chi connectivity index (χ1v) is 10.2. The fourth-order valence-electron chi connectivity index (χ4n) is 4.96. The van der Waals surface area contributed by atoms with E-state index in [1.165, 1.54) is 0 Å². The minimum Gasteiger partial charge on any atom is -0.497 e. The Labute approximate surface area is 171 Å². The summed E-state index contributed by atoms with van der Waals surface area (Å²) >= 11 is 0. The van der Waals surface area contributed by atoms with Crippen LogP contribution in [0.1, 0.15) is 41.6 Å². The van der Waals surface area contributed by atoms with Gasteiger partial charge in [-0.15, -0.1) is 0 Å². The standard InChI is InChI=1S/C24H27NO4/c1-28-21-10-6-17(7-11-21)23(27)25-13-12-24(15-20(26)9-8-19(24)16-25)18-4-3-5-22(14-18)29-2/h3-7,10-11,14,19H,8-9,12-13,15-16H2,1-2H3. The summed E-state index contributed by atoms with van der Waals surface area (Å²) in [4.78, 5) is 27.4. The van der Waals surface area contributed by atoms with Crippen molar-refractivity contribution in [2.24, 2.45) is 5.92 Å². The van der Waals surface area contributed by atoms with Crippen molar-refractivity contribution < 1.29 is 19.1 Å². The highest BCUT2D eigenvalue weighted by Crippen LogP contribution is 2.48. The van der Waals surface area contributed by atoms with Crippen LogP contribution in [-0.2, 0) is 10.2 Å². The number of likely N-dealkylation sites (tertiary alicyclic amines) is 1. The fraction of sp³-hybridized carbons (Fsp3) is 0.417. The predicted molar refractivity (Wildman–Crippen MR) is 111 cm³/mol. The second-order valence-corrected chi connectivity index (χ2v) is 8.07. The van der Waals surface area contributed by atoms with Gasteiger partial charge < -0.3 is 14.4 Å². The molecule has 0 aromatic heterocycles. The van der Waals surface area contributed by atoms with Gasteiger partial charge >= 0.3 is 0 Å². The van der Waals surface area contributed by atoms with Gasteiger partial charge in [-0.3, -0.25) is 9.59 Å². The Kier molecular flexibility index (Phi) is 5.31. The van der Waals surface area contributed by atoms with Gasteiger partial charge in [0.2, 0.25) is 0 Å². The first-order valence-electron chi connectivity index (χ1n) is 10.2. The summed E-state index contributed by atoms with van der Waals surface area (Å²) < 4.78 is 10.6. The lowest BCUT2D eigenvalue weighted by Crippen LogP contribution is -2.54. The molecule has 1 aliphatic carbocycles. The minimum absolute atomic E-state index is 0.0452. The maximum absolute atomic E-state index is 13.1. The number of Topliss-reactive ketones (excluding diaryl/α,β-unsaturated/α-hetero) is 1. The van der Waals surface area contributed by atoms with Crippen LogP contribution < -0.4 is 9.47 Å². The number of carbonyl (C=O) groups excluding carboxylic acids is 2. The van der Waals surface area contributed by atoms with E-state index >= 15 is 0 Å². The highest BCUT2D eigenvalue weighted by Gasteiger charge is 2.48. The van der Waals surface area contributed by atoms with Crippen LogP contribution in [0.25, 0.3) is 0 Å². The van der Waals surface area contributed by atoms with Gasteiger partial charge in [0.1, 0.15) is 17.3 Å². The highest BCUT2D eigenvalue weighted by atomic mass is 16.5. The van der Waals surface area contributed by atoms with Crippen molar-refractivity contribution in [3.63, 3.8) is 0 Å². The second-order valence-electron chi connectivity index (χ2n) is 8.07. The average Bonchev–Trinajstić information content (AvgIpc) is 2.78. The van der Waals surface area contributed by atoms with Crippen LogP contribution in [0.3, 0.4) is 0 Å². The number of ether oxygens (including phenoxy) is 2. The lowest BCUT2D eigenvalue weighted by molar-refractivity contribution is -0.124. The second kappa shape index (κ2) is 7.90. The molecule has 2 atom stereocenters. The molecule has 0 radical (unpaired) electrons. The lowest BCUT2D eigenvalue weighted by atomic mass is 9.59. The van der Waals surface area contributed by atoms with Gasteiger partial charge in [-0.05, 0) is 60.7 Å². The van der Waals surface area contributed by atoms with E-state index in [0.717, 1.165) is 29.9 Å². The van der Waals surface area contributed by atoms with Crippen molar-refractivity contribution in [1.29, 1.82) is 0 Å². The van der Waals surface area contributed by atoms with E-state index < -0.39 is 0 Å². The Morgan fingerprint density at radius 1 is 1.07 bits per heavy atom. The van der Waals surface area contributed by atoms with Crippen molar-refractivity contribution in [1.82, 2.24) is 4.90 Å². The van der Waals surface area contributed by atoms with Crippen LogP contribution in [0.2, 0.25) is 0 Å². The minimum atomic E-state index is -0.208. The average molecular weight is 393 g/mol. The van der Waals surface area contributed by atoms with Crippen LogP contribution in [0.5, 0.6) is 11.5 Å². The molecule has 0 spiro atoms. The molecule has 2 fully saturated rings. The molecule has 29 heavy (non-hydrogen) atoms. The maximum atomic E-state index is 13.1. The van der Waals surface area contributed by atoms with Crippen molar-refractivity contribution in [2.45, 2.75) is 31.1 Å². The molecule has 1 saturated carbocycles. The summed E-state index contributed by atoms with van der Waals surface area (Å²) in [7, 11) is 3.28. The van der Waals surface area contributed by atoms with Crippen LogP contribution in [0.4, 0.5) is 0 Å². The molecule has 5 heteroatoms. The Morgan fingerprint density at radius 2 is 1.83 bits per heavy atom. The number of benzene rings is 2. The van der Waals surface area contributed by atoms with Crippen molar-refractivity contribution in [2.75, 3.05) is 27.3 Å². The van der Waals surface area contributed by atoms with Gasteiger partial charge in [-0.1, -0.05) is 12.1 Å². The number of hydrogen-bond acceptors (Lipinski definition) is 4. The molecule has 2 unspecified atom stereocenters. The lowest BCUT2D eigenvalue weighted by Gasteiger charge is -2.50. The Hall–Kier alpha value is -2.82. The third-order valence-electron chi connectivity index (χ3n) is 6.60. The monoisotopic (exact) mass is 393 g/mol. The fourth-order valence-corrected chi connectivity index (χ4v) is 4.96. The molecule has 152 valence electrons. The van der Waals surface area contributed by atoms with Crippen LogP contribution in [0.15, 0.2) is 48.5 Å². The molecule has 0 N–H and O–H groups in total. The number of ketones is 1. The predicted octanol–water partition coefficient (Wildman–Crippen LogP) is 3.86. The molecule has 1 aliphatic heterocycles. The first kappa shape index (κ1) is 19.5. The SMILES string of the molecule is COc1ccc(C(=O)N2CCC3(c4cccc(OC)c4)CC(=O)CCC3C2)cc1. The normalized spacial score (nSPS) is 24.0. The summed E-state index contributed by atoms with van der Waals surface area (Å²) in [5.74, 6) is 2.18. The van der Waals surface area contributed by atoms with Gasteiger partial charge in [0, 0.05) is 36.9 Å². The third-order valence-corrected chi connectivity index (χ3v) is 6.60. The summed E-state index contributed by atoms with van der Waals surface area (Å²) in [6, 6.07) is 15.4. The van der Waals surface area contributed by atoms with E-state index in [9.17, 15) is 9.59 Å². The van der Waals surface area contributed by atoms with E-state index in [0.29, 0.717) is 37.3 Å². The van der Waals surface area contributed by atoms with E-state index in [-0.39, 0.29) is 17.2 Å². The first-order chi connectivity index (χ1) is 14.1. The summed E-state index contributed by atoms with van der Waals surface area (Å²) in [5, 5.41) is 0. The summed E-state index contributed by atoms with van der Waals surface area (Å²) in [5.41, 5.74) is 1.62. The molecule has 2 aromatic rings. The Morgan fingerprint density at radius 3 is 2.55 bits per heavy atom. The summed E-state index contributed by atoms with van der Waals surface area (Å²) in [6.07, 6.45) is 2.76. The number of piperidine rings is 1. The molecule has 2 aromatic carbocycles. The molecule has 5 nitrogen and oxygen atoms in total. The van der Waals surface area contributed by atoms with Gasteiger partial charge in [-0.2, -0.15) is 0 Å². The zero-order valence-corrected chi connectivity index (χ0v) is 17.0. The van der Waals surface area contributed by atoms with Crippen molar-refractivity contribution in [3.8, 4) is 11.5 Å². The van der Waals surface area contributed by atoms with Crippen LogP contribution >= 0.6 is 0 Å². The van der Waals surface area contributed by atoms with E-state index in [1.54, 1.807) is 14.2 Å². The number of carbonyl (C=O) groups is 2. The smallest absolute Gasteiger partial charge is 0.253 e. The van der Waals surface area contributed by atoms with Gasteiger partial charge in [0.25, 0.3) is 5.91 Å². The summed E-state index contributed by atoms with van der Waals surface area (Å²) in [6.45, 7) is 1.32. The zero-order valence-electron chi connectivity index (χ0n) is 17.0. The van der Waals surface area contributed by atoms with Gasteiger partial charge in [-0.25, -0.2) is 0 Å². The number of fused-ring (bicyclic) bond motifs is 1. The topological polar surface area (TPSA) is 55.8 Å². The number of amides is 1. The van der Waals surface area contributed by atoms with Crippen molar-refractivity contribution in [3.05, 3.63) is 59.7 Å². The highest BCUT2D eigenvalue weighted by molar-refractivity contribution is 5.94. The number of methoxy groups -OCH3 is 2. The zero-order chi connectivity index (χ0) is 20.4. The molecular weight excluding hydrogens is 366 g/mol. The molecule has 1 amide bonds. The number of nitrogens with zero attached hydrogens (tertiary/aromatic N) is 1. The molecular formula is C24H27NO4. The van der Waals surface area contributed by atoms with Crippen molar-refractivity contribution >= 4 is 11.7 Å². The quantitative estimate of drug-likeness (QED) is 0.792. The van der Waals surface area contributed by atoms with E-state index in [2.05, 4.69) is 12.1 Å². The molecule has 2 aliphatic rings. The van der Waals surface area contributed by atoms with Crippen LogP contribution in [-0.4, -0.2) is 43.9 Å². The molecule has 4 rings (SSSR count). The van der Waals surface area contributed by atoms with E-state index in [4.69, 9.17) is 9.47 Å². The molecule has 1 saturated heterocycles. The number of hydrogen-bond donors (Lipinski definition) is 0. The van der Waals surface area contributed by atoms with Crippen LogP contribution in [0, 0.1) is 5.92 Å².